The number of benzene rings is 2. The van der Waals surface area contributed by atoms with E-state index in [4.69, 9.17) is 4.74 Å². The number of nitrogens with one attached hydrogen (secondary N) is 1. The molecule has 3 rings (SSSR count). The van der Waals surface area contributed by atoms with Crippen LogP contribution in [-0.2, 0) is 16.0 Å². The molecule has 2 aromatic carbocycles. The van der Waals surface area contributed by atoms with Crippen LogP contribution < -0.4 is 5.32 Å². The van der Waals surface area contributed by atoms with Crippen molar-refractivity contribution in [1.82, 2.24) is 4.57 Å². The molecule has 1 aromatic heterocycles. The highest BCUT2D eigenvalue weighted by atomic mass is 16.5. The van der Waals surface area contributed by atoms with Crippen LogP contribution in [0.3, 0.4) is 0 Å². The third-order valence-corrected chi connectivity index (χ3v) is 5.08. The predicted molar refractivity (Wildman–Crippen MR) is 119 cm³/mol. The summed E-state index contributed by atoms with van der Waals surface area (Å²) >= 11 is 0. The van der Waals surface area contributed by atoms with Gasteiger partial charge in [-0.25, -0.2) is 4.79 Å². The minimum Gasteiger partial charge on any atom is -0.452 e. The van der Waals surface area contributed by atoms with Crippen molar-refractivity contribution in [3.05, 3.63) is 88.7 Å². The highest BCUT2D eigenvalue weighted by Gasteiger charge is 2.19. The molecule has 1 N–H and O–H groups in total. The number of hydrogen-bond donors (Lipinski definition) is 1. The number of ether oxygens (including phenoxy) is 1. The van der Waals surface area contributed by atoms with Crippen molar-refractivity contribution in [3.63, 3.8) is 0 Å². The van der Waals surface area contributed by atoms with Gasteiger partial charge in [0, 0.05) is 23.1 Å². The van der Waals surface area contributed by atoms with Crippen LogP contribution in [0.1, 0.15) is 52.8 Å². The van der Waals surface area contributed by atoms with Crippen molar-refractivity contribution >= 4 is 17.6 Å². The van der Waals surface area contributed by atoms with E-state index in [-0.39, 0.29) is 18.6 Å². The Morgan fingerprint density at radius 3 is 2.33 bits per heavy atom. The number of rotatable bonds is 7. The number of carbonyl (C=O) groups excluding carboxylic acids is 2. The molecule has 156 valence electrons. The van der Waals surface area contributed by atoms with Crippen LogP contribution in [-0.4, -0.2) is 23.1 Å². The van der Waals surface area contributed by atoms with Crippen LogP contribution in [0.2, 0.25) is 0 Å². The molecule has 5 nitrogen and oxygen atoms in total. The fraction of sp³-hybridized carbons (Fsp3) is 0.280. The van der Waals surface area contributed by atoms with Gasteiger partial charge in [-0.2, -0.15) is 0 Å². The van der Waals surface area contributed by atoms with E-state index in [1.54, 1.807) is 0 Å². The van der Waals surface area contributed by atoms with Gasteiger partial charge in [0.1, 0.15) is 0 Å². The fourth-order valence-electron chi connectivity index (χ4n) is 3.79. The second-order valence-corrected chi connectivity index (χ2v) is 7.69. The number of amides is 1. The van der Waals surface area contributed by atoms with E-state index < -0.39 is 5.97 Å². The topological polar surface area (TPSA) is 60.3 Å². The van der Waals surface area contributed by atoms with Crippen molar-refractivity contribution in [2.45, 2.75) is 40.2 Å². The van der Waals surface area contributed by atoms with Crippen LogP contribution in [0.25, 0.3) is 0 Å². The van der Waals surface area contributed by atoms with Gasteiger partial charge in [-0.1, -0.05) is 48.5 Å². The van der Waals surface area contributed by atoms with Gasteiger partial charge in [-0.15, -0.1) is 0 Å². The zero-order valence-electron chi connectivity index (χ0n) is 17.9. The van der Waals surface area contributed by atoms with Gasteiger partial charge in [0.05, 0.1) is 5.56 Å². The quantitative estimate of drug-likeness (QED) is 0.559. The third-order valence-electron chi connectivity index (χ3n) is 5.08. The zero-order chi connectivity index (χ0) is 21.7. The highest BCUT2D eigenvalue weighted by molar-refractivity contribution is 5.96. The molecule has 0 atom stereocenters. The number of para-hydroxylation sites is 1. The Labute approximate surface area is 177 Å². The Kier molecular flexibility index (Phi) is 6.72. The number of esters is 1. The van der Waals surface area contributed by atoms with E-state index in [0.717, 1.165) is 28.2 Å². The van der Waals surface area contributed by atoms with Crippen molar-refractivity contribution in [3.8, 4) is 0 Å². The van der Waals surface area contributed by atoms with Crippen LogP contribution in [0.4, 0.5) is 5.69 Å². The summed E-state index contributed by atoms with van der Waals surface area (Å²) in [5, 5.41) is 2.87. The minimum atomic E-state index is -0.484. The Morgan fingerprint density at radius 2 is 1.67 bits per heavy atom. The van der Waals surface area contributed by atoms with Gasteiger partial charge in [0.15, 0.2) is 6.61 Å². The number of aromatic nitrogens is 1. The molecule has 5 heteroatoms. The molecule has 0 aliphatic carbocycles. The molecule has 0 fully saturated rings. The Hall–Kier alpha value is -3.34. The first-order valence-electron chi connectivity index (χ1n) is 10.1. The summed E-state index contributed by atoms with van der Waals surface area (Å²) in [6.45, 7) is 7.65. The first kappa shape index (κ1) is 21.4. The van der Waals surface area contributed by atoms with E-state index in [2.05, 4.69) is 23.7 Å². The Balaban J connectivity index is 1.63. The Bertz CT molecular complexity index is 1040. The summed E-state index contributed by atoms with van der Waals surface area (Å²) < 4.78 is 7.36. The molecular formula is C25H28N2O3. The SMILES string of the molecule is Cc1cc(C(=O)OCC(=O)Nc2ccccc2Cc2ccccc2)c(C)n1C(C)C. The lowest BCUT2D eigenvalue weighted by molar-refractivity contribution is -0.119. The normalized spacial score (nSPS) is 10.8. The molecule has 0 saturated carbocycles. The van der Waals surface area contributed by atoms with Crippen molar-refractivity contribution in [2.75, 3.05) is 11.9 Å². The summed E-state index contributed by atoms with van der Waals surface area (Å²) in [4.78, 5) is 24.9. The maximum Gasteiger partial charge on any atom is 0.340 e. The molecule has 0 aliphatic rings. The lowest BCUT2D eigenvalue weighted by Gasteiger charge is -2.14. The summed E-state index contributed by atoms with van der Waals surface area (Å²) in [6.07, 6.45) is 0.707. The maximum absolute atomic E-state index is 12.5. The van der Waals surface area contributed by atoms with Crippen molar-refractivity contribution in [1.29, 1.82) is 0 Å². The molecule has 0 bridgehead atoms. The summed E-state index contributed by atoms with van der Waals surface area (Å²) in [5.74, 6) is -0.843. The minimum absolute atomic E-state index is 0.246. The standard InChI is InChI=1S/C25H28N2O3/c1-17(2)27-18(3)14-22(19(27)4)25(29)30-16-24(28)26-23-13-9-8-12-21(23)15-20-10-6-5-7-11-20/h5-14,17H,15-16H2,1-4H3,(H,26,28). The highest BCUT2D eigenvalue weighted by Crippen LogP contribution is 2.21. The third kappa shape index (κ3) is 4.98. The largest absolute Gasteiger partial charge is 0.452 e. The average molecular weight is 405 g/mol. The smallest absolute Gasteiger partial charge is 0.340 e. The number of anilines is 1. The van der Waals surface area contributed by atoms with Gasteiger partial charge in [0.25, 0.3) is 5.91 Å². The molecule has 0 spiro atoms. The maximum atomic E-state index is 12.5. The van der Waals surface area contributed by atoms with Gasteiger partial charge < -0.3 is 14.6 Å². The van der Waals surface area contributed by atoms with E-state index in [1.807, 2.05) is 74.5 Å². The van der Waals surface area contributed by atoms with Gasteiger partial charge in [0.2, 0.25) is 0 Å². The van der Waals surface area contributed by atoms with Crippen molar-refractivity contribution in [2.24, 2.45) is 0 Å². The van der Waals surface area contributed by atoms with Gasteiger partial charge in [-0.05, 0) is 57.4 Å². The lowest BCUT2D eigenvalue weighted by Crippen LogP contribution is -2.22. The first-order valence-corrected chi connectivity index (χ1v) is 10.1. The predicted octanol–water partition coefficient (Wildman–Crippen LogP) is 5.07. The molecule has 0 aliphatic heterocycles. The lowest BCUT2D eigenvalue weighted by atomic mass is 10.0. The zero-order valence-corrected chi connectivity index (χ0v) is 17.9. The molecular weight excluding hydrogens is 376 g/mol. The number of nitrogens with zero attached hydrogens (tertiary/aromatic N) is 1. The molecule has 30 heavy (non-hydrogen) atoms. The van der Waals surface area contributed by atoms with Crippen LogP contribution in [0, 0.1) is 13.8 Å². The average Bonchev–Trinajstić information content (AvgIpc) is 3.02. The molecule has 0 radical (unpaired) electrons. The van der Waals surface area contributed by atoms with E-state index >= 15 is 0 Å². The number of aryl methyl sites for hydroxylation is 1. The number of carbonyl (C=O) groups is 2. The van der Waals surface area contributed by atoms with Gasteiger partial charge in [-0.3, -0.25) is 4.79 Å². The van der Waals surface area contributed by atoms with E-state index in [0.29, 0.717) is 12.0 Å². The summed E-state index contributed by atoms with van der Waals surface area (Å²) in [6, 6.07) is 19.8. The van der Waals surface area contributed by atoms with E-state index in [1.165, 1.54) is 0 Å². The molecule has 1 amide bonds. The number of hydrogen-bond acceptors (Lipinski definition) is 3. The second kappa shape index (κ2) is 9.44. The molecule has 0 saturated heterocycles. The van der Waals surface area contributed by atoms with Crippen molar-refractivity contribution < 1.29 is 14.3 Å². The van der Waals surface area contributed by atoms with E-state index in [9.17, 15) is 9.59 Å². The second-order valence-electron chi connectivity index (χ2n) is 7.69. The Morgan fingerprint density at radius 1 is 1.00 bits per heavy atom. The van der Waals surface area contributed by atoms with Crippen LogP contribution >= 0.6 is 0 Å². The van der Waals surface area contributed by atoms with Crippen LogP contribution in [0.5, 0.6) is 0 Å². The summed E-state index contributed by atoms with van der Waals surface area (Å²) in [7, 11) is 0. The van der Waals surface area contributed by atoms with Crippen LogP contribution in [0.15, 0.2) is 60.7 Å². The molecule has 3 aromatic rings. The van der Waals surface area contributed by atoms with Gasteiger partial charge >= 0.3 is 5.97 Å². The monoisotopic (exact) mass is 404 g/mol. The first-order chi connectivity index (χ1) is 14.4. The molecule has 1 heterocycles. The fourth-order valence-corrected chi connectivity index (χ4v) is 3.79. The summed E-state index contributed by atoms with van der Waals surface area (Å²) in [5.41, 5.74) is 5.23. The molecule has 0 unspecified atom stereocenters.